The average Bonchev–Trinajstić information content (AvgIpc) is 2.26. The molecule has 1 N–H and O–H groups in total. The molecular weight excluding hydrogens is 206 g/mol. The summed E-state index contributed by atoms with van der Waals surface area (Å²) in [4.78, 5) is 22.1. The molecule has 90 valence electrons. The molecule has 0 aromatic rings. The van der Waals surface area contributed by atoms with Gasteiger partial charge in [0, 0.05) is 13.0 Å². The summed E-state index contributed by atoms with van der Waals surface area (Å²) < 4.78 is 5.08. The highest BCUT2D eigenvalue weighted by Gasteiger charge is 1.98. The molecule has 0 saturated carbocycles. The van der Waals surface area contributed by atoms with E-state index in [1.807, 2.05) is 6.92 Å². The molecule has 0 aromatic carbocycles. The first-order valence-corrected chi connectivity index (χ1v) is 5.35. The summed E-state index contributed by atoms with van der Waals surface area (Å²) in [5.74, 6) is -0.143. The Labute approximate surface area is 96.4 Å². The molecule has 16 heavy (non-hydrogen) atoms. The van der Waals surface area contributed by atoms with Crippen LogP contribution in [0.2, 0.25) is 0 Å². The topological polar surface area (TPSA) is 55.4 Å². The third-order valence-electron chi connectivity index (χ3n) is 1.68. The Balaban J connectivity index is 3.39. The van der Waals surface area contributed by atoms with E-state index < -0.39 is 0 Å². The van der Waals surface area contributed by atoms with E-state index in [4.69, 9.17) is 4.74 Å². The van der Waals surface area contributed by atoms with Crippen LogP contribution in [0.4, 0.5) is 0 Å². The van der Waals surface area contributed by atoms with Crippen molar-refractivity contribution in [2.45, 2.75) is 19.8 Å². The maximum Gasteiger partial charge on any atom is 0.223 e. The summed E-state index contributed by atoms with van der Waals surface area (Å²) in [5.41, 5.74) is 0. The van der Waals surface area contributed by atoms with Gasteiger partial charge >= 0.3 is 0 Å². The molecular formula is C12H19NO3. The van der Waals surface area contributed by atoms with Gasteiger partial charge in [0.2, 0.25) is 5.91 Å². The molecule has 0 rings (SSSR count). The average molecular weight is 225 g/mol. The van der Waals surface area contributed by atoms with Crippen molar-refractivity contribution in [3.8, 4) is 0 Å². The summed E-state index contributed by atoms with van der Waals surface area (Å²) in [6, 6.07) is 0. The zero-order valence-electron chi connectivity index (χ0n) is 9.70. The molecule has 0 spiro atoms. The monoisotopic (exact) mass is 225 g/mol. The molecule has 0 atom stereocenters. The number of hydrogen-bond acceptors (Lipinski definition) is 3. The number of carbonyl (C=O) groups excluding carboxylic acids is 2. The van der Waals surface area contributed by atoms with Crippen molar-refractivity contribution in [3.05, 3.63) is 24.8 Å². The Morgan fingerprint density at radius 2 is 2.19 bits per heavy atom. The van der Waals surface area contributed by atoms with E-state index in [0.717, 1.165) is 6.42 Å². The van der Waals surface area contributed by atoms with Gasteiger partial charge in [-0.1, -0.05) is 19.1 Å². The molecule has 0 radical (unpaired) electrons. The minimum atomic E-state index is -0.0872. The number of hydrogen-bond donors (Lipinski definition) is 1. The Morgan fingerprint density at radius 1 is 1.44 bits per heavy atom. The normalized spacial score (nSPS) is 10.3. The number of rotatable bonds is 9. The van der Waals surface area contributed by atoms with Crippen LogP contribution in [0, 0.1) is 0 Å². The Hall–Kier alpha value is -1.42. The van der Waals surface area contributed by atoms with Crippen LogP contribution in [0.15, 0.2) is 24.8 Å². The molecule has 4 nitrogen and oxygen atoms in total. The molecule has 0 bridgehead atoms. The number of ketones is 1. The summed E-state index contributed by atoms with van der Waals surface area (Å²) in [5, 5.41) is 2.64. The van der Waals surface area contributed by atoms with Crippen LogP contribution >= 0.6 is 0 Å². The van der Waals surface area contributed by atoms with Crippen molar-refractivity contribution in [1.29, 1.82) is 0 Å². The van der Waals surface area contributed by atoms with Crippen molar-refractivity contribution in [2.75, 3.05) is 19.8 Å². The molecule has 0 aliphatic heterocycles. The zero-order chi connectivity index (χ0) is 12.2. The second-order valence-corrected chi connectivity index (χ2v) is 3.17. The SMILES string of the molecule is C=CCC(=O)NCCOCC(=O)/C=C/CC. The minimum absolute atomic E-state index is 0.0562. The van der Waals surface area contributed by atoms with Crippen LogP contribution in [-0.4, -0.2) is 31.4 Å². The maximum atomic E-state index is 11.1. The first kappa shape index (κ1) is 14.6. The second kappa shape index (κ2) is 10.1. The number of amides is 1. The molecule has 0 aliphatic carbocycles. The molecule has 0 fully saturated rings. The molecule has 4 heteroatoms. The first-order chi connectivity index (χ1) is 7.70. The highest BCUT2D eigenvalue weighted by atomic mass is 16.5. The zero-order valence-corrected chi connectivity index (χ0v) is 9.70. The molecule has 0 heterocycles. The lowest BCUT2D eigenvalue weighted by molar-refractivity contribution is -0.120. The largest absolute Gasteiger partial charge is 0.371 e. The van der Waals surface area contributed by atoms with E-state index in [2.05, 4.69) is 11.9 Å². The summed E-state index contributed by atoms with van der Waals surface area (Å²) >= 11 is 0. The quantitative estimate of drug-likeness (QED) is 0.365. The number of carbonyl (C=O) groups is 2. The van der Waals surface area contributed by atoms with E-state index in [-0.39, 0.29) is 18.3 Å². The lowest BCUT2D eigenvalue weighted by atomic mass is 10.3. The van der Waals surface area contributed by atoms with Crippen LogP contribution in [0.1, 0.15) is 19.8 Å². The minimum Gasteiger partial charge on any atom is -0.371 e. The van der Waals surface area contributed by atoms with Crippen molar-refractivity contribution in [2.24, 2.45) is 0 Å². The fourth-order valence-electron chi connectivity index (χ4n) is 0.936. The Kier molecular flexibility index (Phi) is 9.21. The van der Waals surface area contributed by atoms with Crippen molar-refractivity contribution < 1.29 is 14.3 Å². The number of nitrogens with one attached hydrogen (secondary N) is 1. The van der Waals surface area contributed by atoms with Crippen LogP contribution in [0.5, 0.6) is 0 Å². The fourth-order valence-corrected chi connectivity index (χ4v) is 0.936. The Morgan fingerprint density at radius 3 is 2.81 bits per heavy atom. The lowest BCUT2D eigenvalue weighted by Crippen LogP contribution is -2.27. The molecule has 1 amide bonds. The van der Waals surface area contributed by atoms with Gasteiger partial charge in [0.1, 0.15) is 6.61 Å². The molecule has 0 aromatic heterocycles. The number of allylic oxidation sites excluding steroid dienone is 1. The highest BCUT2D eigenvalue weighted by molar-refractivity contribution is 5.90. The van der Waals surface area contributed by atoms with Crippen molar-refractivity contribution in [1.82, 2.24) is 5.32 Å². The standard InChI is InChI=1S/C12H19NO3/c1-3-5-7-11(14)10-16-9-8-13-12(15)6-4-2/h4-5,7H,2-3,6,8-10H2,1H3,(H,13,15)/b7-5+. The van der Waals surface area contributed by atoms with E-state index in [0.29, 0.717) is 19.6 Å². The van der Waals surface area contributed by atoms with Gasteiger partial charge < -0.3 is 10.1 Å². The van der Waals surface area contributed by atoms with Crippen molar-refractivity contribution >= 4 is 11.7 Å². The third-order valence-corrected chi connectivity index (χ3v) is 1.68. The van der Waals surface area contributed by atoms with Crippen molar-refractivity contribution in [3.63, 3.8) is 0 Å². The van der Waals surface area contributed by atoms with Gasteiger partial charge in [0.05, 0.1) is 6.61 Å². The Bertz CT molecular complexity index is 259. The summed E-state index contributed by atoms with van der Waals surface area (Å²) in [6.45, 7) is 6.23. The summed E-state index contributed by atoms with van der Waals surface area (Å²) in [6.07, 6.45) is 5.98. The lowest BCUT2D eigenvalue weighted by Gasteiger charge is -2.03. The van der Waals surface area contributed by atoms with Crippen LogP contribution in [0.3, 0.4) is 0 Å². The predicted octanol–water partition coefficient (Wildman–Crippen LogP) is 1.23. The second-order valence-electron chi connectivity index (χ2n) is 3.17. The van der Waals surface area contributed by atoms with Crippen LogP contribution in [-0.2, 0) is 14.3 Å². The van der Waals surface area contributed by atoms with E-state index in [9.17, 15) is 9.59 Å². The van der Waals surface area contributed by atoms with Gasteiger partial charge in [-0.05, 0) is 12.5 Å². The van der Waals surface area contributed by atoms with Gasteiger partial charge in [0.25, 0.3) is 0 Å². The predicted molar refractivity (Wildman–Crippen MR) is 63.1 cm³/mol. The number of ether oxygens (including phenoxy) is 1. The molecule has 0 unspecified atom stereocenters. The van der Waals surface area contributed by atoms with Crippen LogP contribution in [0.25, 0.3) is 0 Å². The van der Waals surface area contributed by atoms with Gasteiger partial charge in [-0.15, -0.1) is 6.58 Å². The summed E-state index contributed by atoms with van der Waals surface area (Å²) in [7, 11) is 0. The first-order valence-electron chi connectivity index (χ1n) is 5.35. The van der Waals surface area contributed by atoms with E-state index >= 15 is 0 Å². The van der Waals surface area contributed by atoms with Crippen LogP contribution < -0.4 is 5.32 Å². The smallest absolute Gasteiger partial charge is 0.223 e. The molecule has 0 saturated heterocycles. The van der Waals surface area contributed by atoms with Gasteiger partial charge in [-0.3, -0.25) is 9.59 Å². The van der Waals surface area contributed by atoms with Gasteiger partial charge in [0.15, 0.2) is 5.78 Å². The third kappa shape index (κ3) is 9.15. The highest BCUT2D eigenvalue weighted by Crippen LogP contribution is 1.84. The molecule has 0 aliphatic rings. The van der Waals surface area contributed by atoms with Gasteiger partial charge in [-0.25, -0.2) is 0 Å². The van der Waals surface area contributed by atoms with E-state index in [1.54, 1.807) is 6.08 Å². The van der Waals surface area contributed by atoms with Gasteiger partial charge in [-0.2, -0.15) is 0 Å². The maximum absolute atomic E-state index is 11.1. The fraction of sp³-hybridized carbons (Fsp3) is 0.500. The van der Waals surface area contributed by atoms with E-state index in [1.165, 1.54) is 12.2 Å².